The van der Waals surface area contributed by atoms with E-state index in [-0.39, 0.29) is 5.91 Å². The number of anilines is 1. The molecule has 1 amide bonds. The first-order valence-corrected chi connectivity index (χ1v) is 11.5. The lowest BCUT2D eigenvalue weighted by Gasteiger charge is -2.31. The average Bonchev–Trinajstić information content (AvgIpc) is 3.20. The number of hydrogen-bond donors (Lipinski definition) is 3. The monoisotopic (exact) mass is 482 g/mol. The number of pyridine rings is 1. The van der Waals surface area contributed by atoms with Gasteiger partial charge >= 0.3 is 0 Å². The number of halogens is 1. The van der Waals surface area contributed by atoms with Gasteiger partial charge in [-0.25, -0.2) is 15.0 Å². The molecule has 3 N–H and O–H groups in total. The van der Waals surface area contributed by atoms with Crippen molar-refractivity contribution in [2.75, 3.05) is 45.2 Å². The number of amides is 1. The lowest BCUT2D eigenvalue weighted by molar-refractivity contribution is 0.0932. The molecule has 0 aliphatic carbocycles. The highest BCUT2D eigenvalue weighted by Gasteiger charge is 2.32. The predicted molar refractivity (Wildman–Crippen MR) is 129 cm³/mol. The number of nitrogens with zero attached hydrogens (tertiary/aromatic N) is 5. The molecule has 0 unspecified atom stereocenters. The van der Waals surface area contributed by atoms with Crippen molar-refractivity contribution in [2.45, 2.75) is 19.8 Å². The van der Waals surface area contributed by atoms with E-state index in [2.05, 4.69) is 32.0 Å². The summed E-state index contributed by atoms with van der Waals surface area (Å²) in [4.78, 5) is 26.2. The standard InChI is InChI=1S/C23H27ClN8O2/c1-15-19(22(33)28-9-10-34-2)31-21-20(29-14-23(13-25)4-7-26-8-5-23)30-17(12-32(15)21)16-3-6-27-18(24)11-16/h3,6,11-12,26H,4-5,7-10,14H2,1-2H3,(H,28,33)(H,29,30). The zero-order valence-corrected chi connectivity index (χ0v) is 19.9. The fourth-order valence-electron chi connectivity index (χ4n) is 4.03. The van der Waals surface area contributed by atoms with Crippen molar-refractivity contribution in [2.24, 2.45) is 5.41 Å². The number of imidazole rings is 1. The molecule has 0 aromatic carbocycles. The van der Waals surface area contributed by atoms with Gasteiger partial charge in [-0.05, 0) is 45.0 Å². The molecule has 34 heavy (non-hydrogen) atoms. The quantitative estimate of drug-likeness (QED) is 0.330. The van der Waals surface area contributed by atoms with Gasteiger partial charge in [0, 0.05) is 38.2 Å². The van der Waals surface area contributed by atoms with Crippen LogP contribution in [0.5, 0.6) is 0 Å². The van der Waals surface area contributed by atoms with Crippen LogP contribution in [0.1, 0.15) is 29.0 Å². The predicted octanol–water partition coefficient (Wildman–Crippen LogP) is 2.43. The van der Waals surface area contributed by atoms with Gasteiger partial charge < -0.3 is 20.7 Å². The molecule has 178 valence electrons. The van der Waals surface area contributed by atoms with Gasteiger partial charge in [-0.3, -0.25) is 9.20 Å². The van der Waals surface area contributed by atoms with Gasteiger partial charge in [-0.15, -0.1) is 0 Å². The summed E-state index contributed by atoms with van der Waals surface area (Å²) >= 11 is 6.11. The second kappa shape index (κ2) is 10.3. The Hall–Kier alpha value is -3.26. The van der Waals surface area contributed by atoms with Crippen LogP contribution in [0.4, 0.5) is 5.82 Å². The minimum atomic E-state index is -0.498. The normalized spacial score (nSPS) is 15.1. The van der Waals surface area contributed by atoms with E-state index < -0.39 is 5.41 Å². The molecular weight excluding hydrogens is 456 g/mol. The molecule has 1 fully saturated rings. The molecule has 0 atom stereocenters. The fraction of sp³-hybridized carbons (Fsp3) is 0.435. The molecule has 11 heteroatoms. The molecule has 10 nitrogen and oxygen atoms in total. The number of nitriles is 1. The zero-order valence-electron chi connectivity index (χ0n) is 19.2. The van der Waals surface area contributed by atoms with Crippen molar-refractivity contribution in [1.82, 2.24) is 30.0 Å². The van der Waals surface area contributed by atoms with Gasteiger partial charge in [0.15, 0.2) is 11.5 Å². The first-order chi connectivity index (χ1) is 16.5. The number of methoxy groups -OCH3 is 1. The Morgan fingerprint density at radius 2 is 2.18 bits per heavy atom. The Morgan fingerprint density at radius 1 is 1.38 bits per heavy atom. The first-order valence-electron chi connectivity index (χ1n) is 11.1. The topological polar surface area (TPSA) is 129 Å². The van der Waals surface area contributed by atoms with Crippen LogP contribution in [0.15, 0.2) is 24.5 Å². The maximum atomic E-state index is 12.8. The van der Waals surface area contributed by atoms with Crippen molar-refractivity contribution in [1.29, 1.82) is 5.26 Å². The summed E-state index contributed by atoms with van der Waals surface area (Å²) in [6, 6.07) is 6.04. The molecule has 0 spiro atoms. The number of ether oxygens (including phenoxy) is 1. The molecule has 1 aliphatic rings. The zero-order chi connectivity index (χ0) is 24.1. The van der Waals surface area contributed by atoms with E-state index in [0.717, 1.165) is 31.5 Å². The number of carbonyl (C=O) groups excluding carboxylic acids is 1. The second-order valence-electron chi connectivity index (χ2n) is 8.33. The van der Waals surface area contributed by atoms with Gasteiger partial charge in [0.05, 0.1) is 29.5 Å². The van der Waals surface area contributed by atoms with Crippen molar-refractivity contribution < 1.29 is 9.53 Å². The Balaban J connectivity index is 1.75. The molecule has 3 aromatic rings. The number of hydrogen-bond acceptors (Lipinski definition) is 8. The van der Waals surface area contributed by atoms with Gasteiger partial charge in [0.1, 0.15) is 10.8 Å². The average molecular weight is 483 g/mol. The molecule has 4 rings (SSSR count). The number of fused-ring (bicyclic) bond motifs is 1. The molecule has 1 aliphatic heterocycles. The van der Waals surface area contributed by atoms with E-state index in [9.17, 15) is 10.1 Å². The van der Waals surface area contributed by atoms with Gasteiger partial charge in [0.25, 0.3) is 5.91 Å². The third-order valence-electron chi connectivity index (χ3n) is 6.07. The minimum absolute atomic E-state index is 0.287. The first kappa shape index (κ1) is 23.9. The van der Waals surface area contributed by atoms with Crippen LogP contribution >= 0.6 is 11.6 Å². The molecule has 0 bridgehead atoms. The summed E-state index contributed by atoms with van der Waals surface area (Å²) in [5.74, 6) is 0.210. The Morgan fingerprint density at radius 3 is 2.88 bits per heavy atom. The van der Waals surface area contributed by atoms with Gasteiger partial charge in [0.2, 0.25) is 0 Å². The highest BCUT2D eigenvalue weighted by Crippen LogP contribution is 2.30. The number of rotatable bonds is 8. The van der Waals surface area contributed by atoms with Crippen molar-refractivity contribution in [3.63, 3.8) is 0 Å². The van der Waals surface area contributed by atoms with Crippen molar-refractivity contribution in [3.05, 3.63) is 41.1 Å². The van der Waals surface area contributed by atoms with Crippen LogP contribution in [0.3, 0.4) is 0 Å². The number of aromatic nitrogens is 4. The summed E-state index contributed by atoms with van der Waals surface area (Å²) in [5.41, 5.74) is 2.42. The van der Waals surface area contributed by atoms with Crippen LogP contribution in [-0.2, 0) is 4.74 Å². The summed E-state index contributed by atoms with van der Waals surface area (Å²) in [6.45, 7) is 4.64. The van der Waals surface area contributed by atoms with Crippen molar-refractivity contribution in [3.8, 4) is 17.3 Å². The molecule has 3 aromatic heterocycles. The lowest BCUT2D eigenvalue weighted by atomic mass is 9.80. The largest absolute Gasteiger partial charge is 0.383 e. The van der Waals surface area contributed by atoms with Gasteiger partial charge in [-0.2, -0.15) is 5.26 Å². The van der Waals surface area contributed by atoms with E-state index in [0.29, 0.717) is 53.4 Å². The van der Waals surface area contributed by atoms with Gasteiger partial charge in [-0.1, -0.05) is 11.6 Å². The maximum absolute atomic E-state index is 12.8. The number of piperidine rings is 1. The maximum Gasteiger partial charge on any atom is 0.271 e. The van der Waals surface area contributed by atoms with E-state index in [4.69, 9.17) is 21.3 Å². The summed E-state index contributed by atoms with van der Waals surface area (Å²) in [5, 5.41) is 19.7. The molecule has 0 radical (unpaired) electrons. The van der Waals surface area contributed by atoms with E-state index in [1.807, 2.05) is 23.6 Å². The third kappa shape index (κ3) is 4.97. The molecule has 1 saturated heterocycles. The SMILES string of the molecule is COCCNC(=O)c1nc2c(NCC3(C#N)CCNCC3)nc(-c3ccnc(Cl)c3)cn2c1C. The number of carbonyl (C=O) groups is 1. The van der Waals surface area contributed by atoms with Crippen LogP contribution < -0.4 is 16.0 Å². The highest BCUT2D eigenvalue weighted by molar-refractivity contribution is 6.29. The lowest BCUT2D eigenvalue weighted by Crippen LogP contribution is -2.40. The number of nitrogens with one attached hydrogen (secondary N) is 3. The van der Waals surface area contributed by atoms with E-state index >= 15 is 0 Å². The highest BCUT2D eigenvalue weighted by atomic mass is 35.5. The van der Waals surface area contributed by atoms with Crippen LogP contribution in [-0.4, -0.2) is 65.2 Å². The molecule has 4 heterocycles. The van der Waals surface area contributed by atoms with E-state index in [1.54, 1.807) is 19.4 Å². The Kier molecular flexibility index (Phi) is 7.26. The summed E-state index contributed by atoms with van der Waals surface area (Å²) in [7, 11) is 1.58. The minimum Gasteiger partial charge on any atom is -0.383 e. The fourth-order valence-corrected chi connectivity index (χ4v) is 4.21. The van der Waals surface area contributed by atoms with Crippen LogP contribution in [0, 0.1) is 23.7 Å². The van der Waals surface area contributed by atoms with E-state index in [1.165, 1.54) is 0 Å². The Bertz CT molecular complexity index is 1230. The summed E-state index contributed by atoms with van der Waals surface area (Å²) < 4.78 is 6.85. The molecular formula is C23H27ClN8O2. The Labute approximate surface area is 202 Å². The van der Waals surface area contributed by atoms with Crippen molar-refractivity contribution >= 4 is 29.0 Å². The van der Waals surface area contributed by atoms with Crippen LogP contribution in [0.2, 0.25) is 5.15 Å². The summed E-state index contributed by atoms with van der Waals surface area (Å²) in [6.07, 6.45) is 4.93. The molecule has 0 saturated carbocycles. The third-order valence-corrected chi connectivity index (χ3v) is 6.27. The number of aryl methyl sites for hydroxylation is 1. The smallest absolute Gasteiger partial charge is 0.271 e. The second-order valence-corrected chi connectivity index (χ2v) is 8.71. The van der Waals surface area contributed by atoms with Crippen LogP contribution in [0.25, 0.3) is 16.9 Å².